The van der Waals surface area contributed by atoms with Crippen LogP contribution in [0.15, 0.2) is 33.7 Å². The average Bonchev–Trinajstić information content (AvgIpc) is 2.60. The quantitative estimate of drug-likeness (QED) is 0.707. The molecule has 0 bridgehead atoms. The van der Waals surface area contributed by atoms with Crippen molar-refractivity contribution in [3.8, 4) is 0 Å². The molecule has 0 aliphatic heterocycles. The van der Waals surface area contributed by atoms with Crippen LogP contribution in [0.3, 0.4) is 0 Å². The normalized spacial score (nSPS) is 11.3. The van der Waals surface area contributed by atoms with Gasteiger partial charge in [-0.3, -0.25) is 4.99 Å². The number of benzene rings is 1. The summed E-state index contributed by atoms with van der Waals surface area (Å²) in [5.41, 5.74) is 1.59. The zero-order valence-electron chi connectivity index (χ0n) is 9.50. The molecular weight excluding hydrogens is 257 g/mol. The highest BCUT2D eigenvalue weighted by Crippen LogP contribution is 2.31. The van der Waals surface area contributed by atoms with Gasteiger partial charge in [-0.15, -0.1) is 0 Å². The standard InChI is InChI=1S/C13H11Cl2NO/c1-8-6-10(9(2)17-8)7-16-12-5-3-4-11(14)13(12)15/h3-7H,1-2H3. The minimum absolute atomic E-state index is 0.461. The Bertz CT molecular complexity index is 573. The molecule has 88 valence electrons. The second kappa shape index (κ2) is 4.94. The van der Waals surface area contributed by atoms with E-state index in [1.165, 1.54) is 0 Å². The smallest absolute Gasteiger partial charge is 0.109 e. The summed E-state index contributed by atoms with van der Waals surface area (Å²) in [6, 6.07) is 7.29. The lowest BCUT2D eigenvalue weighted by Crippen LogP contribution is -1.79. The van der Waals surface area contributed by atoms with Gasteiger partial charge in [-0.1, -0.05) is 29.3 Å². The van der Waals surface area contributed by atoms with Crippen molar-refractivity contribution in [1.29, 1.82) is 0 Å². The van der Waals surface area contributed by atoms with Gasteiger partial charge >= 0.3 is 0 Å². The first-order valence-electron chi connectivity index (χ1n) is 5.13. The molecule has 0 N–H and O–H groups in total. The van der Waals surface area contributed by atoms with Gasteiger partial charge in [-0.2, -0.15) is 0 Å². The van der Waals surface area contributed by atoms with E-state index in [2.05, 4.69) is 4.99 Å². The van der Waals surface area contributed by atoms with E-state index in [9.17, 15) is 0 Å². The van der Waals surface area contributed by atoms with E-state index < -0.39 is 0 Å². The molecule has 0 amide bonds. The average molecular weight is 268 g/mol. The lowest BCUT2D eigenvalue weighted by molar-refractivity contribution is 0.504. The Balaban J connectivity index is 2.32. The number of nitrogens with zero attached hydrogens (tertiary/aromatic N) is 1. The zero-order chi connectivity index (χ0) is 12.4. The molecule has 0 aliphatic carbocycles. The molecule has 2 nitrogen and oxygen atoms in total. The van der Waals surface area contributed by atoms with E-state index in [1.54, 1.807) is 12.3 Å². The molecule has 0 saturated carbocycles. The van der Waals surface area contributed by atoms with Gasteiger partial charge in [0.2, 0.25) is 0 Å². The highest BCUT2D eigenvalue weighted by atomic mass is 35.5. The van der Waals surface area contributed by atoms with E-state index in [4.69, 9.17) is 27.6 Å². The fraction of sp³-hybridized carbons (Fsp3) is 0.154. The van der Waals surface area contributed by atoms with Crippen LogP contribution >= 0.6 is 23.2 Å². The summed E-state index contributed by atoms with van der Waals surface area (Å²) in [5, 5.41) is 0.963. The molecule has 0 unspecified atom stereocenters. The molecule has 2 rings (SSSR count). The summed E-state index contributed by atoms with van der Waals surface area (Å²) in [6.45, 7) is 3.80. The summed E-state index contributed by atoms with van der Waals surface area (Å²) < 4.78 is 5.41. The van der Waals surface area contributed by atoms with Crippen LogP contribution < -0.4 is 0 Å². The van der Waals surface area contributed by atoms with Crippen LogP contribution in [-0.4, -0.2) is 6.21 Å². The molecule has 2 aromatic rings. The fourth-order valence-electron chi connectivity index (χ4n) is 1.51. The number of hydrogen-bond acceptors (Lipinski definition) is 2. The Labute approximate surface area is 110 Å². The van der Waals surface area contributed by atoms with E-state index in [-0.39, 0.29) is 0 Å². The maximum absolute atomic E-state index is 6.04. The molecular formula is C13H11Cl2NO. The first-order valence-corrected chi connectivity index (χ1v) is 5.88. The van der Waals surface area contributed by atoms with Gasteiger partial charge in [0.05, 0.1) is 15.7 Å². The van der Waals surface area contributed by atoms with E-state index in [0.29, 0.717) is 15.7 Å². The van der Waals surface area contributed by atoms with Crippen LogP contribution in [0.4, 0.5) is 5.69 Å². The summed E-state index contributed by atoms with van der Waals surface area (Å²) in [7, 11) is 0. The molecule has 1 aromatic heterocycles. The van der Waals surface area contributed by atoms with Gasteiger partial charge in [-0.05, 0) is 32.0 Å². The highest BCUT2D eigenvalue weighted by molar-refractivity contribution is 6.43. The Morgan fingerprint density at radius 1 is 1.24 bits per heavy atom. The number of furan rings is 1. The van der Waals surface area contributed by atoms with Crippen molar-refractivity contribution in [2.24, 2.45) is 4.99 Å². The monoisotopic (exact) mass is 267 g/mol. The molecule has 17 heavy (non-hydrogen) atoms. The predicted octanol–water partition coefficient (Wildman–Crippen LogP) is 4.95. The number of rotatable bonds is 2. The van der Waals surface area contributed by atoms with Crippen molar-refractivity contribution in [2.75, 3.05) is 0 Å². The Morgan fingerprint density at radius 2 is 2.00 bits per heavy atom. The summed E-state index contributed by atoms with van der Waals surface area (Å²) in [5.74, 6) is 1.70. The molecule has 0 atom stereocenters. The van der Waals surface area contributed by atoms with Gasteiger partial charge in [0.1, 0.15) is 11.5 Å². The van der Waals surface area contributed by atoms with Crippen molar-refractivity contribution in [3.05, 3.63) is 51.4 Å². The maximum atomic E-state index is 6.04. The maximum Gasteiger partial charge on any atom is 0.109 e. The number of hydrogen-bond donors (Lipinski definition) is 0. The first kappa shape index (κ1) is 12.2. The summed E-state index contributed by atoms with van der Waals surface area (Å²) >= 11 is 11.9. The second-order valence-corrected chi connectivity index (χ2v) is 4.48. The Hall–Kier alpha value is -1.25. The van der Waals surface area contributed by atoms with E-state index in [1.807, 2.05) is 32.0 Å². The molecule has 0 saturated heterocycles. The minimum atomic E-state index is 0.461. The Kier molecular flexibility index (Phi) is 3.55. The van der Waals surface area contributed by atoms with Crippen molar-refractivity contribution in [3.63, 3.8) is 0 Å². The van der Waals surface area contributed by atoms with Gasteiger partial charge in [0.15, 0.2) is 0 Å². The number of aryl methyl sites for hydroxylation is 2. The highest BCUT2D eigenvalue weighted by Gasteiger charge is 2.04. The largest absolute Gasteiger partial charge is 0.466 e. The van der Waals surface area contributed by atoms with Crippen LogP contribution in [0.2, 0.25) is 10.0 Å². The summed E-state index contributed by atoms with van der Waals surface area (Å²) in [4.78, 5) is 4.31. The molecule has 1 heterocycles. The third kappa shape index (κ3) is 2.71. The van der Waals surface area contributed by atoms with Crippen molar-refractivity contribution in [2.45, 2.75) is 13.8 Å². The van der Waals surface area contributed by atoms with Gasteiger partial charge in [0.25, 0.3) is 0 Å². The Morgan fingerprint density at radius 3 is 2.65 bits per heavy atom. The van der Waals surface area contributed by atoms with Crippen LogP contribution in [0.25, 0.3) is 0 Å². The van der Waals surface area contributed by atoms with Crippen LogP contribution in [0.5, 0.6) is 0 Å². The molecule has 0 aliphatic rings. The lowest BCUT2D eigenvalue weighted by atomic mass is 10.2. The number of halogens is 2. The number of aliphatic imine (C=N–C) groups is 1. The van der Waals surface area contributed by atoms with Gasteiger partial charge in [0, 0.05) is 11.8 Å². The van der Waals surface area contributed by atoms with Crippen LogP contribution in [0, 0.1) is 13.8 Å². The minimum Gasteiger partial charge on any atom is -0.466 e. The second-order valence-electron chi connectivity index (χ2n) is 3.70. The molecule has 1 aromatic carbocycles. The third-order valence-corrected chi connectivity index (χ3v) is 3.16. The fourth-order valence-corrected chi connectivity index (χ4v) is 1.85. The van der Waals surface area contributed by atoms with Crippen LogP contribution in [0.1, 0.15) is 17.1 Å². The first-order chi connectivity index (χ1) is 8.08. The topological polar surface area (TPSA) is 25.5 Å². The van der Waals surface area contributed by atoms with Crippen LogP contribution in [-0.2, 0) is 0 Å². The SMILES string of the molecule is Cc1cc(C=Nc2cccc(Cl)c2Cl)c(C)o1. The van der Waals surface area contributed by atoms with Crippen molar-refractivity contribution >= 4 is 35.1 Å². The molecule has 0 fully saturated rings. The van der Waals surface area contributed by atoms with E-state index in [0.717, 1.165) is 17.1 Å². The third-order valence-electron chi connectivity index (χ3n) is 2.35. The van der Waals surface area contributed by atoms with Gasteiger partial charge in [-0.25, -0.2) is 0 Å². The van der Waals surface area contributed by atoms with Gasteiger partial charge < -0.3 is 4.42 Å². The van der Waals surface area contributed by atoms with Crippen molar-refractivity contribution in [1.82, 2.24) is 0 Å². The summed E-state index contributed by atoms with van der Waals surface area (Å²) in [6.07, 6.45) is 1.73. The molecule has 0 radical (unpaired) electrons. The molecule has 0 spiro atoms. The zero-order valence-corrected chi connectivity index (χ0v) is 11.0. The predicted molar refractivity (Wildman–Crippen MR) is 71.9 cm³/mol. The lowest BCUT2D eigenvalue weighted by Gasteiger charge is -1.98. The van der Waals surface area contributed by atoms with E-state index >= 15 is 0 Å². The van der Waals surface area contributed by atoms with Crippen molar-refractivity contribution < 1.29 is 4.42 Å². The molecule has 4 heteroatoms.